The first-order valence-corrected chi connectivity index (χ1v) is 22.5. The minimum atomic E-state index is 0.587. The summed E-state index contributed by atoms with van der Waals surface area (Å²) >= 11 is 0. The van der Waals surface area contributed by atoms with Crippen LogP contribution in [0.4, 0.5) is 28.4 Å². The number of aromatic nitrogens is 2. The number of pyridine rings is 1. The first-order chi connectivity index (χ1) is 32.6. The molecule has 2 aromatic heterocycles. The Morgan fingerprint density at radius 3 is 1.91 bits per heavy atom. The van der Waals surface area contributed by atoms with E-state index in [1.54, 1.807) is 0 Å². The van der Waals surface area contributed by atoms with Crippen LogP contribution in [-0.4, -0.2) is 16.2 Å². The van der Waals surface area contributed by atoms with E-state index in [1.165, 1.54) is 55.2 Å². The van der Waals surface area contributed by atoms with E-state index >= 15 is 0 Å². The third kappa shape index (κ3) is 7.06. The van der Waals surface area contributed by atoms with Crippen molar-refractivity contribution in [1.82, 2.24) is 9.55 Å². The van der Waals surface area contributed by atoms with Gasteiger partial charge >= 0.3 is 0 Å². The lowest BCUT2D eigenvalue weighted by Crippen LogP contribution is -2.24. The van der Waals surface area contributed by atoms with E-state index in [1.807, 2.05) is 12.3 Å². The standard InChI is InChI=1S/C60H45N5O/c1-41-26-33-55-54(36-41)49(34-35-61-55)44-27-29-45(30-28-44)62-39-63-56-23-9-8-20-52(56)53-32-31-48(38-59(53)63)66-47-19-12-18-46(37-47)64-40-65(58-25-11-10-24-57(58)64)60-50(42-14-4-2-5-15-42)21-13-22-51(60)43-16-6-3-7-17-43/h2-38,62H,39-40H2,1H3. The topological polar surface area (TPSA) is 45.6 Å². The Kier molecular flexibility index (Phi) is 9.76. The number of hydrogen-bond donors (Lipinski definition) is 1. The van der Waals surface area contributed by atoms with Crippen molar-refractivity contribution in [2.24, 2.45) is 0 Å². The molecule has 9 aromatic carbocycles. The van der Waals surface area contributed by atoms with Crippen molar-refractivity contribution in [2.75, 3.05) is 21.8 Å². The number of anilines is 5. The van der Waals surface area contributed by atoms with Gasteiger partial charge in [0, 0.05) is 57.0 Å². The summed E-state index contributed by atoms with van der Waals surface area (Å²) in [5.41, 5.74) is 17.2. The van der Waals surface area contributed by atoms with E-state index in [4.69, 9.17) is 4.74 Å². The van der Waals surface area contributed by atoms with Crippen molar-refractivity contribution >= 4 is 61.1 Å². The molecule has 6 heteroatoms. The van der Waals surface area contributed by atoms with Gasteiger partial charge in [-0.2, -0.15) is 0 Å². The lowest BCUT2D eigenvalue weighted by atomic mass is 9.95. The normalized spacial score (nSPS) is 12.3. The first-order valence-electron chi connectivity index (χ1n) is 22.5. The molecule has 0 fully saturated rings. The number of benzene rings is 9. The van der Waals surface area contributed by atoms with Crippen molar-refractivity contribution in [3.63, 3.8) is 0 Å². The predicted octanol–water partition coefficient (Wildman–Crippen LogP) is 15.8. The molecule has 6 nitrogen and oxygen atoms in total. The smallest absolute Gasteiger partial charge is 0.129 e. The molecule has 0 spiro atoms. The molecule has 316 valence electrons. The Hall–Kier alpha value is -8.61. The molecule has 1 N–H and O–H groups in total. The Bertz CT molecular complexity index is 3510. The molecule has 0 saturated heterocycles. The van der Waals surface area contributed by atoms with Crippen LogP contribution in [0.25, 0.3) is 66.1 Å². The minimum Gasteiger partial charge on any atom is -0.457 e. The number of rotatable bonds is 10. The number of ether oxygens (including phenoxy) is 1. The zero-order valence-electron chi connectivity index (χ0n) is 36.5. The molecular formula is C60H45N5O. The van der Waals surface area contributed by atoms with E-state index in [2.05, 4.69) is 244 Å². The largest absolute Gasteiger partial charge is 0.457 e. The molecule has 0 amide bonds. The molecule has 0 atom stereocenters. The van der Waals surface area contributed by atoms with E-state index in [0.29, 0.717) is 13.3 Å². The van der Waals surface area contributed by atoms with E-state index in [-0.39, 0.29) is 0 Å². The van der Waals surface area contributed by atoms with Crippen LogP contribution in [0.1, 0.15) is 5.56 Å². The van der Waals surface area contributed by atoms with Crippen molar-refractivity contribution < 1.29 is 4.74 Å². The molecule has 12 rings (SSSR count). The van der Waals surface area contributed by atoms with Crippen LogP contribution in [0.2, 0.25) is 0 Å². The van der Waals surface area contributed by atoms with Gasteiger partial charge in [0.1, 0.15) is 18.2 Å². The van der Waals surface area contributed by atoms with Crippen LogP contribution in [0.5, 0.6) is 11.5 Å². The van der Waals surface area contributed by atoms with Crippen LogP contribution in [-0.2, 0) is 6.67 Å². The van der Waals surface area contributed by atoms with Gasteiger partial charge in [0.15, 0.2) is 0 Å². The molecule has 11 aromatic rings. The molecule has 66 heavy (non-hydrogen) atoms. The third-order valence-electron chi connectivity index (χ3n) is 12.9. The Balaban J connectivity index is 0.843. The maximum atomic E-state index is 6.77. The highest BCUT2D eigenvalue weighted by Crippen LogP contribution is 2.50. The Morgan fingerprint density at radius 2 is 1.14 bits per heavy atom. The van der Waals surface area contributed by atoms with Gasteiger partial charge in [-0.15, -0.1) is 0 Å². The van der Waals surface area contributed by atoms with E-state index < -0.39 is 0 Å². The summed E-state index contributed by atoms with van der Waals surface area (Å²) in [4.78, 5) is 9.45. The van der Waals surface area contributed by atoms with Crippen molar-refractivity contribution in [2.45, 2.75) is 13.6 Å². The SMILES string of the molecule is Cc1ccc2nccc(-c3ccc(NCn4c5ccccc5c5ccc(Oc6cccc(N7CN(c8c(-c9ccccc9)cccc8-c8ccccc8)c8ccccc87)c6)cc54)cc3)c2c1. The maximum absolute atomic E-state index is 6.77. The fraction of sp³-hybridized carbons (Fsp3) is 0.0500. The summed E-state index contributed by atoms with van der Waals surface area (Å²) in [6, 6.07) is 77.5. The lowest BCUT2D eigenvalue weighted by molar-refractivity contribution is 0.483. The molecule has 0 radical (unpaired) electrons. The van der Waals surface area contributed by atoms with Crippen LogP contribution in [0.15, 0.2) is 225 Å². The van der Waals surface area contributed by atoms with Gasteiger partial charge in [-0.05, 0) is 102 Å². The number of nitrogens with one attached hydrogen (secondary N) is 1. The summed E-state index contributed by atoms with van der Waals surface area (Å²) in [5, 5.41) is 7.27. The molecule has 0 bridgehead atoms. The van der Waals surface area contributed by atoms with Crippen LogP contribution in [0, 0.1) is 6.92 Å². The summed E-state index contributed by atoms with van der Waals surface area (Å²) in [6.07, 6.45) is 1.89. The van der Waals surface area contributed by atoms with Gasteiger partial charge in [-0.25, -0.2) is 0 Å². The molecular weight excluding hydrogens is 807 g/mol. The maximum Gasteiger partial charge on any atom is 0.129 e. The van der Waals surface area contributed by atoms with Crippen LogP contribution < -0.4 is 19.9 Å². The summed E-state index contributed by atoms with van der Waals surface area (Å²) in [7, 11) is 0. The fourth-order valence-electron chi connectivity index (χ4n) is 9.73. The Labute approximate surface area is 384 Å². The van der Waals surface area contributed by atoms with Crippen molar-refractivity contribution in [3.8, 4) is 44.9 Å². The van der Waals surface area contributed by atoms with Gasteiger partial charge in [-0.1, -0.05) is 139 Å². The average molecular weight is 852 g/mol. The molecule has 0 saturated carbocycles. The van der Waals surface area contributed by atoms with Gasteiger partial charge < -0.3 is 24.4 Å². The molecule has 0 aliphatic carbocycles. The molecule has 1 aliphatic rings. The van der Waals surface area contributed by atoms with Gasteiger partial charge in [-0.3, -0.25) is 4.98 Å². The zero-order chi connectivity index (χ0) is 44.0. The van der Waals surface area contributed by atoms with Gasteiger partial charge in [0.2, 0.25) is 0 Å². The Morgan fingerprint density at radius 1 is 0.485 bits per heavy atom. The van der Waals surface area contributed by atoms with Crippen LogP contribution in [0.3, 0.4) is 0 Å². The van der Waals surface area contributed by atoms with Gasteiger partial charge in [0.05, 0.1) is 40.3 Å². The van der Waals surface area contributed by atoms with Crippen LogP contribution >= 0.6 is 0 Å². The quantitative estimate of drug-likeness (QED) is 0.148. The second kappa shape index (κ2) is 16.5. The number of nitrogens with zero attached hydrogens (tertiary/aromatic N) is 4. The summed E-state index contributed by atoms with van der Waals surface area (Å²) in [6.45, 7) is 3.35. The number of hydrogen-bond acceptors (Lipinski definition) is 5. The highest BCUT2D eigenvalue weighted by atomic mass is 16.5. The monoisotopic (exact) mass is 851 g/mol. The van der Waals surface area contributed by atoms with Crippen molar-refractivity contribution in [1.29, 1.82) is 0 Å². The van der Waals surface area contributed by atoms with Crippen molar-refractivity contribution in [3.05, 3.63) is 230 Å². The van der Waals surface area contributed by atoms with E-state index in [9.17, 15) is 0 Å². The highest BCUT2D eigenvalue weighted by molar-refractivity contribution is 6.08. The lowest BCUT2D eigenvalue weighted by Gasteiger charge is -2.27. The minimum absolute atomic E-state index is 0.587. The van der Waals surface area contributed by atoms with E-state index in [0.717, 1.165) is 56.4 Å². The number of para-hydroxylation sites is 4. The predicted molar refractivity (Wildman–Crippen MR) is 274 cm³/mol. The van der Waals surface area contributed by atoms with Gasteiger partial charge in [0.25, 0.3) is 0 Å². The third-order valence-corrected chi connectivity index (χ3v) is 12.9. The number of aryl methyl sites for hydroxylation is 1. The molecule has 3 heterocycles. The molecule has 1 aliphatic heterocycles. The summed E-state index contributed by atoms with van der Waals surface area (Å²) in [5.74, 6) is 1.55. The average Bonchev–Trinajstić information content (AvgIpc) is 3.91. The summed E-state index contributed by atoms with van der Waals surface area (Å²) < 4.78 is 9.11. The number of fused-ring (bicyclic) bond motifs is 5. The highest BCUT2D eigenvalue weighted by Gasteiger charge is 2.31. The second-order valence-electron chi connectivity index (χ2n) is 16.9. The molecule has 0 unspecified atom stereocenters. The zero-order valence-corrected chi connectivity index (χ0v) is 36.5. The second-order valence-corrected chi connectivity index (χ2v) is 16.9. The fourth-order valence-corrected chi connectivity index (χ4v) is 9.73. The first kappa shape index (κ1) is 39.0.